The highest BCUT2D eigenvalue weighted by Gasteiger charge is 2.41. The summed E-state index contributed by atoms with van der Waals surface area (Å²) in [4.78, 5) is 34.8. The third kappa shape index (κ3) is 13.6. The number of aryl methyl sites for hydroxylation is 8. The molecule has 0 bridgehead atoms. The van der Waals surface area contributed by atoms with E-state index in [1.807, 2.05) is 0 Å². The number of unbranched alkanes of at least 4 members (excludes halogenated alkanes) is 8. The van der Waals surface area contributed by atoms with Crippen molar-refractivity contribution in [1.29, 1.82) is 0 Å². The minimum absolute atomic E-state index is 0.698. The molecule has 0 fully saturated rings. The molecule has 1 aliphatic rings. The Morgan fingerprint density at radius 2 is 0.622 bits per heavy atom. The minimum Gasteiger partial charge on any atom is -0.346 e. The fraction of sp³-hybridized carbons (Fsp3) is 0.471. The maximum Gasteiger partial charge on any atom is 0.332 e. The summed E-state index contributed by atoms with van der Waals surface area (Å²) in [6, 6.07) is 35.8. The fourth-order valence-corrected chi connectivity index (χ4v) is 13.3. The van der Waals surface area contributed by atoms with Crippen molar-refractivity contribution in [3.63, 3.8) is 0 Å². The summed E-state index contributed by atoms with van der Waals surface area (Å²) >= 11 is 0. The molecule has 4 nitrogen and oxygen atoms in total. The van der Waals surface area contributed by atoms with E-state index in [1.165, 1.54) is 77.9 Å². The van der Waals surface area contributed by atoms with Gasteiger partial charge in [0.2, 0.25) is 8.38 Å². The Kier molecular flexibility index (Phi) is 22.6. The van der Waals surface area contributed by atoms with Gasteiger partial charge in [-0.3, -0.25) is 4.31 Å². The van der Waals surface area contributed by atoms with E-state index in [0.717, 1.165) is 187 Å². The quantitative estimate of drug-likeness (QED) is 0.0379. The molecule has 0 radical (unpaired) electrons. The van der Waals surface area contributed by atoms with E-state index in [4.69, 9.17) is 4.31 Å². The fourth-order valence-electron chi connectivity index (χ4n) is 11.6. The summed E-state index contributed by atoms with van der Waals surface area (Å²) < 4.78 is 6.08. The smallest absolute Gasteiger partial charge is 0.332 e. The van der Waals surface area contributed by atoms with Gasteiger partial charge in [0, 0.05) is 16.4 Å². The molecule has 3 N–H and O–H groups in total. The molecule has 6 aromatic carbocycles. The lowest BCUT2D eigenvalue weighted by Gasteiger charge is -2.38. The average Bonchev–Trinajstić information content (AvgIpc) is 3.47. The second-order valence-electron chi connectivity index (χ2n) is 21.4. The highest BCUT2D eigenvalue weighted by molar-refractivity contribution is 7.63. The number of benzene rings is 6. The predicted octanol–water partition coefficient (Wildman–Crippen LogP) is 19.9. The van der Waals surface area contributed by atoms with Gasteiger partial charge in [0.15, 0.2) is 0 Å². The second-order valence-corrected chi connectivity index (χ2v) is 23.5. The average molecular weight is 1030 g/mol. The maximum absolute atomic E-state index is 13.1. The normalized spacial score (nSPS) is 12.3. The van der Waals surface area contributed by atoms with Crippen LogP contribution in [0, 0.1) is 0 Å². The van der Waals surface area contributed by atoms with Gasteiger partial charge in [-0.2, -0.15) is 0 Å². The van der Waals surface area contributed by atoms with Crippen LogP contribution in [-0.2, 0) is 55.7 Å². The van der Waals surface area contributed by atoms with E-state index in [1.54, 1.807) is 0 Å². The van der Waals surface area contributed by atoms with Crippen LogP contribution < -0.4 is 5.30 Å². The van der Waals surface area contributed by atoms with Crippen molar-refractivity contribution in [2.24, 2.45) is 0 Å². The van der Waals surface area contributed by atoms with Crippen molar-refractivity contribution in [2.45, 2.75) is 209 Å². The zero-order chi connectivity index (χ0) is 52.6. The predicted molar refractivity (Wildman–Crippen MR) is 323 cm³/mol. The molecular weight excluding hydrogens is 943 g/mol. The summed E-state index contributed by atoms with van der Waals surface area (Å²) in [5, 5.41) is 0.698. The SMILES string of the molecule is CCCCc1ccc(-c2cccc3c2-c2c-3c(-c3ccc(CCCC)cc3CCCC)c(-c3ccc(CCCC)cc3CCCC)c(-c3ccc(CCCC)cc3CCCC)c2P(O)OP(O)O)c(CCCC)c1. The van der Waals surface area contributed by atoms with Crippen LogP contribution in [0.25, 0.3) is 66.8 Å². The van der Waals surface area contributed by atoms with Crippen molar-refractivity contribution in [3.8, 4) is 66.8 Å². The Hall–Kier alpha value is -3.98. The van der Waals surface area contributed by atoms with E-state index in [-0.39, 0.29) is 0 Å². The Balaban J connectivity index is 1.74. The number of rotatable bonds is 31. The van der Waals surface area contributed by atoms with Gasteiger partial charge < -0.3 is 14.7 Å². The topological polar surface area (TPSA) is 69.9 Å². The molecule has 7 rings (SSSR count). The first-order valence-electron chi connectivity index (χ1n) is 29.4. The molecule has 1 unspecified atom stereocenters. The van der Waals surface area contributed by atoms with Gasteiger partial charge in [0.05, 0.1) is 0 Å². The Morgan fingerprint density at radius 3 is 1.00 bits per heavy atom. The largest absolute Gasteiger partial charge is 0.346 e. The standard InChI is InChI=1S/C68H90O4P2/c1-9-17-26-48-36-40-56(52(44-48)30-21-13-5)60-34-25-35-61-62(60)67-65(61)63(57-41-37-49(27-18-10-2)45-53(57)31-22-14-6)64(58-42-38-50(28-19-11-3)46-54(58)32-23-15-7)66(68(67)73(69)72-74(70)71)59-43-39-51(29-20-12-4)47-55(59)33-24-16-8/h25,34-47,69-71H,9-24,26-33H2,1-8H3. The van der Waals surface area contributed by atoms with Gasteiger partial charge >= 0.3 is 8.60 Å². The molecular formula is C68H90O4P2. The highest BCUT2D eigenvalue weighted by Crippen LogP contribution is 2.64. The van der Waals surface area contributed by atoms with Crippen molar-refractivity contribution in [2.75, 3.05) is 0 Å². The van der Waals surface area contributed by atoms with Gasteiger partial charge in [0.25, 0.3) is 0 Å². The first kappa shape index (κ1) is 57.7. The second kappa shape index (κ2) is 29.0. The Morgan fingerprint density at radius 1 is 0.311 bits per heavy atom. The summed E-state index contributed by atoms with van der Waals surface area (Å²) in [7, 11) is -5.44. The van der Waals surface area contributed by atoms with Crippen molar-refractivity contribution < 1.29 is 19.0 Å². The minimum atomic E-state index is -2.89. The van der Waals surface area contributed by atoms with Crippen LogP contribution in [0.15, 0.2) is 91.0 Å². The number of hydrogen-bond donors (Lipinski definition) is 3. The first-order chi connectivity index (χ1) is 36.2. The van der Waals surface area contributed by atoms with Crippen LogP contribution in [0.3, 0.4) is 0 Å². The molecule has 1 atom stereocenters. The van der Waals surface area contributed by atoms with Crippen LogP contribution in [0.4, 0.5) is 0 Å². The van der Waals surface area contributed by atoms with Crippen LogP contribution in [0.5, 0.6) is 0 Å². The van der Waals surface area contributed by atoms with E-state index in [0.29, 0.717) is 5.30 Å². The summed E-state index contributed by atoms with van der Waals surface area (Å²) in [5.74, 6) is 0. The van der Waals surface area contributed by atoms with E-state index < -0.39 is 17.0 Å². The zero-order valence-electron chi connectivity index (χ0n) is 46.8. The van der Waals surface area contributed by atoms with Crippen LogP contribution >= 0.6 is 17.0 Å². The van der Waals surface area contributed by atoms with Crippen molar-refractivity contribution in [1.82, 2.24) is 0 Å². The molecule has 74 heavy (non-hydrogen) atoms. The van der Waals surface area contributed by atoms with Crippen molar-refractivity contribution >= 4 is 22.3 Å². The number of fused-ring (bicyclic) bond motifs is 4. The van der Waals surface area contributed by atoms with Gasteiger partial charge in [-0.05, 0) is 203 Å². The lowest BCUT2D eigenvalue weighted by molar-refractivity contribution is 0.372. The van der Waals surface area contributed by atoms with Gasteiger partial charge in [-0.15, -0.1) is 0 Å². The summed E-state index contributed by atoms with van der Waals surface area (Å²) in [6.07, 6.45) is 25.8. The molecule has 0 spiro atoms. The first-order valence-corrected chi connectivity index (χ1v) is 31.7. The molecule has 0 amide bonds. The third-order valence-electron chi connectivity index (χ3n) is 15.7. The molecule has 6 aromatic rings. The van der Waals surface area contributed by atoms with Crippen LogP contribution in [0.1, 0.15) is 203 Å². The molecule has 1 aliphatic carbocycles. The molecule has 0 aromatic heterocycles. The molecule has 6 heteroatoms. The highest BCUT2D eigenvalue weighted by atomic mass is 31.2. The van der Waals surface area contributed by atoms with Gasteiger partial charge in [0.1, 0.15) is 0 Å². The maximum atomic E-state index is 13.1. The monoisotopic (exact) mass is 1030 g/mol. The Bertz CT molecular complexity index is 2770. The van der Waals surface area contributed by atoms with E-state index in [2.05, 4.69) is 146 Å². The molecule has 0 heterocycles. The van der Waals surface area contributed by atoms with Gasteiger partial charge in [-0.25, -0.2) is 0 Å². The Labute approximate surface area is 450 Å². The van der Waals surface area contributed by atoms with E-state index >= 15 is 0 Å². The number of hydrogen-bond acceptors (Lipinski definition) is 4. The lowest BCUT2D eigenvalue weighted by atomic mass is 9.68. The molecule has 0 aliphatic heterocycles. The van der Waals surface area contributed by atoms with Gasteiger partial charge in [-0.1, -0.05) is 198 Å². The van der Waals surface area contributed by atoms with E-state index in [9.17, 15) is 14.7 Å². The summed E-state index contributed by atoms with van der Waals surface area (Å²) in [6.45, 7) is 18.2. The molecule has 0 saturated carbocycles. The van der Waals surface area contributed by atoms with Crippen molar-refractivity contribution in [3.05, 3.63) is 136 Å². The van der Waals surface area contributed by atoms with Crippen LogP contribution in [-0.4, -0.2) is 14.7 Å². The molecule has 0 saturated heterocycles. The van der Waals surface area contributed by atoms with Crippen LogP contribution in [0.2, 0.25) is 0 Å². The molecule has 396 valence electrons. The summed E-state index contributed by atoms with van der Waals surface area (Å²) in [5.41, 5.74) is 24.6. The third-order valence-corrected chi connectivity index (χ3v) is 17.7. The zero-order valence-corrected chi connectivity index (χ0v) is 48.6. The lowest BCUT2D eigenvalue weighted by Crippen LogP contribution is -2.21.